The molecule has 1 fully saturated rings. The number of ether oxygens (including phenoxy) is 1. The Morgan fingerprint density at radius 2 is 2.17 bits per heavy atom. The molecular formula is C16H21N3O4S. The van der Waals surface area contributed by atoms with E-state index in [0.717, 1.165) is 29.1 Å². The Hall–Kier alpha value is -1.77. The van der Waals surface area contributed by atoms with Crippen molar-refractivity contribution in [1.29, 1.82) is 0 Å². The number of sulfonamides is 1. The van der Waals surface area contributed by atoms with E-state index in [2.05, 4.69) is 10.1 Å². The van der Waals surface area contributed by atoms with Gasteiger partial charge in [0.2, 0.25) is 10.0 Å². The van der Waals surface area contributed by atoms with E-state index < -0.39 is 10.0 Å². The predicted octanol–water partition coefficient (Wildman–Crippen LogP) is 1.94. The summed E-state index contributed by atoms with van der Waals surface area (Å²) in [6.45, 7) is 4.89. The first kappa shape index (κ1) is 17.1. The van der Waals surface area contributed by atoms with Crippen molar-refractivity contribution in [3.63, 3.8) is 0 Å². The molecule has 1 atom stereocenters. The van der Waals surface area contributed by atoms with E-state index in [1.807, 2.05) is 32.0 Å². The summed E-state index contributed by atoms with van der Waals surface area (Å²) >= 11 is 0. The highest BCUT2D eigenvalue weighted by Gasteiger charge is 2.28. The number of rotatable bonds is 4. The van der Waals surface area contributed by atoms with Crippen LogP contribution in [0, 0.1) is 6.92 Å². The number of hydrogen-bond acceptors (Lipinski definition) is 6. The Morgan fingerprint density at radius 3 is 2.88 bits per heavy atom. The molecule has 0 N–H and O–H groups in total. The highest BCUT2D eigenvalue weighted by Crippen LogP contribution is 2.29. The zero-order chi connectivity index (χ0) is 17.3. The smallest absolute Gasteiger partial charge is 0.211 e. The first-order valence-corrected chi connectivity index (χ1v) is 9.74. The van der Waals surface area contributed by atoms with Crippen molar-refractivity contribution in [2.75, 3.05) is 26.0 Å². The fourth-order valence-electron chi connectivity index (χ4n) is 2.86. The molecule has 0 saturated carbocycles. The minimum absolute atomic E-state index is 0.276. The summed E-state index contributed by atoms with van der Waals surface area (Å²) in [5, 5.41) is 4.02. The van der Waals surface area contributed by atoms with Crippen LogP contribution in [0.5, 0.6) is 0 Å². The normalized spacial score (nSPS) is 19.5. The van der Waals surface area contributed by atoms with E-state index in [1.54, 1.807) is 0 Å². The van der Waals surface area contributed by atoms with Gasteiger partial charge in [0, 0.05) is 19.5 Å². The largest absolute Gasteiger partial charge is 0.369 e. The van der Waals surface area contributed by atoms with Crippen molar-refractivity contribution in [2.45, 2.75) is 26.4 Å². The van der Waals surface area contributed by atoms with Crippen LogP contribution in [0.3, 0.4) is 0 Å². The van der Waals surface area contributed by atoms with E-state index in [1.165, 1.54) is 10.6 Å². The average Bonchev–Trinajstić information content (AvgIpc) is 2.95. The highest BCUT2D eigenvalue weighted by molar-refractivity contribution is 7.88. The summed E-state index contributed by atoms with van der Waals surface area (Å²) in [6, 6.07) is 5.65. The Kier molecular flexibility index (Phi) is 4.71. The van der Waals surface area contributed by atoms with Crippen molar-refractivity contribution in [3.05, 3.63) is 35.3 Å². The van der Waals surface area contributed by atoms with Crippen LogP contribution < -0.4 is 0 Å². The number of aromatic nitrogens is 2. The lowest BCUT2D eigenvalue weighted by atomic mass is 10.1. The Morgan fingerprint density at radius 1 is 1.38 bits per heavy atom. The molecule has 3 rings (SSSR count). The fourth-order valence-corrected chi connectivity index (χ4v) is 3.67. The van der Waals surface area contributed by atoms with Crippen LogP contribution in [0.2, 0.25) is 0 Å². The molecule has 1 aliphatic rings. The first-order valence-electron chi connectivity index (χ1n) is 7.89. The molecular weight excluding hydrogens is 330 g/mol. The summed E-state index contributed by atoms with van der Waals surface area (Å²) in [6.07, 6.45) is 1.57. The van der Waals surface area contributed by atoms with Crippen LogP contribution in [-0.2, 0) is 21.2 Å². The van der Waals surface area contributed by atoms with Gasteiger partial charge in [-0.05, 0) is 19.1 Å². The van der Waals surface area contributed by atoms with Gasteiger partial charge in [0.15, 0.2) is 0 Å². The number of pyridine rings is 1. The summed E-state index contributed by atoms with van der Waals surface area (Å²) in [4.78, 5) is 4.68. The number of hydrogen-bond donors (Lipinski definition) is 0. The van der Waals surface area contributed by atoms with Gasteiger partial charge >= 0.3 is 0 Å². The van der Waals surface area contributed by atoms with Gasteiger partial charge in [-0.25, -0.2) is 13.4 Å². The van der Waals surface area contributed by atoms with Crippen LogP contribution in [-0.4, -0.2) is 48.8 Å². The first-order chi connectivity index (χ1) is 11.4. The van der Waals surface area contributed by atoms with Gasteiger partial charge in [0.1, 0.15) is 11.9 Å². The van der Waals surface area contributed by atoms with Gasteiger partial charge in [-0.3, -0.25) is 0 Å². The monoisotopic (exact) mass is 351 g/mol. The minimum Gasteiger partial charge on any atom is -0.369 e. The quantitative estimate of drug-likeness (QED) is 0.837. The van der Waals surface area contributed by atoms with Crippen LogP contribution in [0.1, 0.15) is 30.2 Å². The lowest BCUT2D eigenvalue weighted by Gasteiger charge is -2.31. The Labute approximate surface area is 141 Å². The molecule has 0 amide bonds. The molecule has 3 heterocycles. The van der Waals surface area contributed by atoms with E-state index >= 15 is 0 Å². The molecule has 0 bridgehead atoms. The Bertz CT molecular complexity index is 832. The second-order valence-electron chi connectivity index (χ2n) is 5.85. The maximum atomic E-state index is 11.8. The zero-order valence-electron chi connectivity index (χ0n) is 14.0. The molecule has 24 heavy (non-hydrogen) atoms. The fraction of sp³-hybridized carbons (Fsp3) is 0.500. The molecule has 8 heteroatoms. The molecule has 0 aliphatic carbocycles. The third-order valence-corrected chi connectivity index (χ3v) is 5.38. The summed E-state index contributed by atoms with van der Waals surface area (Å²) in [5.74, 6) is 0.791. The molecule has 7 nitrogen and oxygen atoms in total. The van der Waals surface area contributed by atoms with Gasteiger partial charge in [-0.15, -0.1) is 0 Å². The third kappa shape index (κ3) is 3.35. The van der Waals surface area contributed by atoms with Crippen molar-refractivity contribution in [1.82, 2.24) is 14.4 Å². The molecule has 2 aromatic rings. The zero-order valence-corrected chi connectivity index (χ0v) is 14.8. The number of nitrogens with zero attached hydrogens (tertiary/aromatic N) is 3. The van der Waals surface area contributed by atoms with E-state index in [-0.39, 0.29) is 12.6 Å². The van der Waals surface area contributed by atoms with Crippen molar-refractivity contribution < 1.29 is 17.7 Å². The van der Waals surface area contributed by atoms with Crippen LogP contribution in [0.25, 0.3) is 11.3 Å². The molecule has 0 radical (unpaired) electrons. The van der Waals surface area contributed by atoms with Gasteiger partial charge in [-0.1, -0.05) is 18.1 Å². The molecule has 1 saturated heterocycles. The lowest BCUT2D eigenvalue weighted by Crippen LogP contribution is -2.41. The van der Waals surface area contributed by atoms with Gasteiger partial charge < -0.3 is 9.26 Å². The van der Waals surface area contributed by atoms with Gasteiger partial charge in [0.25, 0.3) is 0 Å². The molecule has 1 aliphatic heterocycles. The summed E-state index contributed by atoms with van der Waals surface area (Å²) in [5.41, 5.74) is 3.17. The summed E-state index contributed by atoms with van der Waals surface area (Å²) in [7, 11) is -3.24. The SMILES string of the molecule is CCc1onc(C)c1-c1cccc([C@@H]2CN(S(C)(=O)=O)CCO2)n1. The molecule has 2 aromatic heterocycles. The van der Waals surface area contributed by atoms with Gasteiger partial charge in [0.05, 0.1) is 35.5 Å². The molecule has 0 aromatic carbocycles. The van der Waals surface area contributed by atoms with Crippen LogP contribution in [0.15, 0.2) is 22.7 Å². The van der Waals surface area contributed by atoms with E-state index in [0.29, 0.717) is 18.8 Å². The maximum Gasteiger partial charge on any atom is 0.211 e. The third-order valence-electron chi connectivity index (χ3n) is 4.11. The number of aryl methyl sites for hydroxylation is 2. The summed E-state index contributed by atoms with van der Waals surface area (Å²) < 4.78 is 36.1. The lowest BCUT2D eigenvalue weighted by molar-refractivity contribution is -0.00467. The predicted molar refractivity (Wildman–Crippen MR) is 89.0 cm³/mol. The highest BCUT2D eigenvalue weighted by atomic mass is 32.2. The van der Waals surface area contributed by atoms with Crippen LogP contribution in [0.4, 0.5) is 0 Å². The second-order valence-corrected chi connectivity index (χ2v) is 7.83. The molecule has 0 spiro atoms. The average molecular weight is 351 g/mol. The molecule has 130 valence electrons. The van der Waals surface area contributed by atoms with Crippen molar-refractivity contribution in [2.24, 2.45) is 0 Å². The second kappa shape index (κ2) is 6.62. The van der Waals surface area contributed by atoms with E-state index in [9.17, 15) is 8.42 Å². The number of morpholine rings is 1. The van der Waals surface area contributed by atoms with Crippen LogP contribution >= 0.6 is 0 Å². The van der Waals surface area contributed by atoms with Crippen molar-refractivity contribution >= 4 is 10.0 Å². The van der Waals surface area contributed by atoms with Gasteiger partial charge in [-0.2, -0.15) is 4.31 Å². The minimum atomic E-state index is -3.24. The standard InChI is InChI=1S/C16H21N3O4S/c1-4-14-16(11(2)18-23-14)13-7-5-6-12(17-13)15-10-19(8-9-22-15)24(3,20)21/h5-7,15H,4,8-10H2,1-3H3/t15-/m0/s1. The topological polar surface area (TPSA) is 85.5 Å². The van der Waals surface area contributed by atoms with E-state index in [4.69, 9.17) is 9.26 Å². The molecule has 0 unspecified atom stereocenters. The Balaban J connectivity index is 1.92. The van der Waals surface area contributed by atoms with Crippen molar-refractivity contribution in [3.8, 4) is 11.3 Å². The maximum absolute atomic E-state index is 11.8.